The zero-order valence-corrected chi connectivity index (χ0v) is 7.66. The zero-order chi connectivity index (χ0) is 9.84. The van der Waals surface area contributed by atoms with Crippen LogP contribution in [-0.4, -0.2) is 17.3 Å². The van der Waals surface area contributed by atoms with E-state index < -0.39 is 13.0 Å². The predicted octanol–water partition coefficient (Wildman–Crippen LogP) is 2.00. The minimum atomic E-state index is -2.42. The third-order valence-electron chi connectivity index (χ3n) is 1.39. The average Bonchev–Trinajstić information content (AvgIpc) is 2.42. The summed E-state index contributed by atoms with van der Waals surface area (Å²) in [6.07, 6.45) is -2.42. The maximum Gasteiger partial charge on any atom is 0.255 e. The van der Waals surface area contributed by atoms with E-state index in [2.05, 4.69) is 9.69 Å². The number of alkyl halides is 2. The van der Waals surface area contributed by atoms with Crippen LogP contribution in [0.15, 0.2) is 0 Å². The van der Waals surface area contributed by atoms with Gasteiger partial charge in [-0.3, -0.25) is 0 Å². The van der Waals surface area contributed by atoms with Crippen LogP contribution in [0.2, 0.25) is 0 Å². The lowest BCUT2D eigenvalue weighted by Crippen LogP contribution is -2.09. The Morgan fingerprint density at radius 3 is 2.92 bits per heavy atom. The highest BCUT2D eigenvalue weighted by molar-refractivity contribution is 7.10. The molecular weight excluding hydrogens is 196 g/mol. The van der Waals surface area contributed by atoms with Crippen molar-refractivity contribution in [3.05, 3.63) is 11.3 Å². The molecule has 1 heterocycles. The second-order valence-electron chi connectivity index (χ2n) is 2.36. The number of rotatable bonds is 3. The molecule has 1 aromatic rings. The van der Waals surface area contributed by atoms with Crippen LogP contribution in [0, 0.1) is 18.3 Å². The van der Waals surface area contributed by atoms with E-state index in [-0.39, 0.29) is 0 Å². The molecule has 0 fully saturated rings. The molecule has 0 bridgehead atoms. The van der Waals surface area contributed by atoms with Crippen molar-refractivity contribution in [3.8, 4) is 6.07 Å². The zero-order valence-electron chi connectivity index (χ0n) is 6.84. The summed E-state index contributed by atoms with van der Waals surface area (Å²) in [5, 5.41) is 11.5. The standard InChI is InChI=1S/C7H7F2N3S/c1-4-5(2-10)7(13-12-4)11-3-6(8)9/h6,11H,3H2,1H3. The van der Waals surface area contributed by atoms with Crippen molar-refractivity contribution >= 4 is 16.5 Å². The third kappa shape index (κ3) is 2.36. The van der Waals surface area contributed by atoms with Crippen LogP contribution in [0.1, 0.15) is 11.3 Å². The molecule has 70 valence electrons. The van der Waals surface area contributed by atoms with E-state index in [1.54, 1.807) is 6.92 Å². The Hall–Kier alpha value is -1.22. The maximum atomic E-state index is 11.8. The van der Waals surface area contributed by atoms with E-state index in [1.807, 2.05) is 6.07 Å². The Morgan fingerprint density at radius 1 is 1.69 bits per heavy atom. The Morgan fingerprint density at radius 2 is 2.38 bits per heavy atom. The molecule has 1 aromatic heterocycles. The van der Waals surface area contributed by atoms with Crippen molar-refractivity contribution in [1.82, 2.24) is 4.37 Å². The predicted molar refractivity (Wildman–Crippen MR) is 46.1 cm³/mol. The average molecular weight is 203 g/mol. The molecule has 13 heavy (non-hydrogen) atoms. The second-order valence-corrected chi connectivity index (χ2v) is 3.13. The third-order valence-corrected chi connectivity index (χ3v) is 2.29. The van der Waals surface area contributed by atoms with Gasteiger partial charge >= 0.3 is 0 Å². The molecule has 1 rings (SSSR count). The van der Waals surface area contributed by atoms with Gasteiger partial charge in [0.05, 0.1) is 12.2 Å². The highest BCUT2D eigenvalue weighted by Gasteiger charge is 2.11. The van der Waals surface area contributed by atoms with Gasteiger partial charge in [-0.05, 0) is 18.5 Å². The van der Waals surface area contributed by atoms with Gasteiger partial charge < -0.3 is 5.32 Å². The van der Waals surface area contributed by atoms with Crippen LogP contribution >= 0.6 is 11.5 Å². The molecule has 0 atom stereocenters. The van der Waals surface area contributed by atoms with E-state index in [9.17, 15) is 8.78 Å². The topological polar surface area (TPSA) is 48.7 Å². The summed E-state index contributed by atoms with van der Waals surface area (Å²) in [5.74, 6) is 0. The van der Waals surface area contributed by atoms with E-state index in [0.717, 1.165) is 11.5 Å². The molecule has 0 aliphatic rings. The monoisotopic (exact) mass is 203 g/mol. The quantitative estimate of drug-likeness (QED) is 0.817. The van der Waals surface area contributed by atoms with Gasteiger partial charge in [-0.1, -0.05) is 0 Å². The number of aryl methyl sites for hydroxylation is 1. The summed E-state index contributed by atoms with van der Waals surface area (Å²) >= 11 is 1.03. The molecule has 6 heteroatoms. The Kier molecular flexibility index (Phi) is 3.14. The van der Waals surface area contributed by atoms with Crippen molar-refractivity contribution in [1.29, 1.82) is 5.26 Å². The number of anilines is 1. The molecule has 0 spiro atoms. The van der Waals surface area contributed by atoms with Crippen molar-refractivity contribution in [2.75, 3.05) is 11.9 Å². The first-order valence-corrected chi connectivity index (χ1v) is 4.31. The fourth-order valence-corrected chi connectivity index (χ4v) is 1.54. The molecule has 0 saturated heterocycles. The van der Waals surface area contributed by atoms with Gasteiger partial charge in [-0.2, -0.15) is 9.64 Å². The number of hydrogen-bond donors (Lipinski definition) is 1. The highest BCUT2D eigenvalue weighted by atomic mass is 32.1. The highest BCUT2D eigenvalue weighted by Crippen LogP contribution is 2.23. The van der Waals surface area contributed by atoms with Crippen LogP contribution in [0.3, 0.4) is 0 Å². The summed E-state index contributed by atoms with van der Waals surface area (Å²) in [6.45, 7) is 1.22. The number of nitrogens with one attached hydrogen (secondary N) is 1. The van der Waals surface area contributed by atoms with Gasteiger partial charge in [-0.25, -0.2) is 8.78 Å². The molecule has 1 N–H and O–H groups in total. The fraction of sp³-hybridized carbons (Fsp3) is 0.429. The van der Waals surface area contributed by atoms with E-state index in [0.29, 0.717) is 16.3 Å². The summed E-state index contributed by atoms with van der Waals surface area (Å²) in [7, 11) is 0. The lowest BCUT2D eigenvalue weighted by Gasteiger charge is -2.01. The van der Waals surface area contributed by atoms with Crippen LogP contribution < -0.4 is 5.32 Å². The molecular formula is C7H7F2N3S. The van der Waals surface area contributed by atoms with Gasteiger partial charge in [0.2, 0.25) is 0 Å². The first-order valence-electron chi connectivity index (χ1n) is 3.53. The van der Waals surface area contributed by atoms with Gasteiger partial charge in [0.1, 0.15) is 16.6 Å². The second kappa shape index (κ2) is 4.14. The number of nitrogens with zero attached hydrogens (tertiary/aromatic N) is 2. The van der Waals surface area contributed by atoms with Crippen molar-refractivity contribution in [2.24, 2.45) is 0 Å². The number of aromatic nitrogens is 1. The van der Waals surface area contributed by atoms with Gasteiger partial charge in [-0.15, -0.1) is 0 Å². The molecule has 0 aliphatic heterocycles. The molecule has 0 aliphatic carbocycles. The largest absolute Gasteiger partial charge is 0.369 e. The number of hydrogen-bond acceptors (Lipinski definition) is 4. The van der Waals surface area contributed by atoms with Crippen LogP contribution in [-0.2, 0) is 0 Å². The van der Waals surface area contributed by atoms with Crippen LogP contribution in [0.5, 0.6) is 0 Å². The SMILES string of the molecule is Cc1nsc(NCC(F)F)c1C#N. The van der Waals surface area contributed by atoms with E-state index in [4.69, 9.17) is 5.26 Å². The lowest BCUT2D eigenvalue weighted by atomic mass is 10.3. The Labute approximate surface area is 78.2 Å². The summed E-state index contributed by atoms with van der Waals surface area (Å²) in [4.78, 5) is 0. The minimum absolute atomic E-state index is 0.352. The smallest absolute Gasteiger partial charge is 0.255 e. The van der Waals surface area contributed by atoms with Crippen molar-refractivity contribution in [3.63, 3.8) is 0 Å². The maximum absolute atomic E-state index is 11.8. The van der Waals surface area contributed by atoms with Gasteiger partial charge in [0, 0.05) is 0 Å². The van der Waals surface area contributed by atoms with Crippen LogP contribution in [0.25, 0.3) is 0 Å². The van der Waals surface area contributed by atoms with Gasteiger partial charge in [0.15, 0.2) is 0 Å². The van der Waals surface area contributed by atoms with E-state index >= 15 is 0 Å². The molecule has 0 unspecified atom stereocenters. The molecule has 0 amide bonds. The van der Waals surface area contributed by atoms with Crippen LogP contribution in [0.4, 0.5) is 13.8 Å². The molecule has 0 radical (unpaired) electrons. The lowest BCUT2D eigenvalue weighted by molar-refractivity contribution is 0.163. The Bertz CT molecular complexity index is 329. The number of nitriles is 1. The summed E-state index contributed by atoms with van der Waals surface area (Å²) in [6, 6.07) is 1.91. The minimum Gasteiger partial charge on any atom is -0.369 e. The normalized spacial score (nSPS) is 10.1. The van der Waals surface area contributed by atoms with E-state index in [1.165, 1.54) is 0 Å². The Balaban J connectivity index is 2.73. The molecule has 3 nitrogen and oxygen atoms in total. The summed E-state index contributed by atoms with van der Waals surface area (Å²) in [5.41, 5.74) is 0.926. The van der Waals surface area contributed by atoms with Crippen molar-refractivity contribution in [2.45, 2.75) is 13.3 Å². The molecule has 0 aromatic carbocycles. The molecule has 0 saturated carbocycles. The fourth-order valence-electron chi connectivity index (χ4n) is 0.792. The first-order chi connectivity index (χ1) is 6.15. The number of halogens is 2. The first kappa shape index (κ1) is 9.86. The van der Waals surface area contributed by atoms with Crippen molar-refractivity contribution < 1.29 is 8.78 Å². The summed E-state index contributed by atoms with van der Waals surface area (Å²) < 4.78 is 27.5. The van der Waals surface area contributed by atoms with Gasteiger partial charge in [0.25, 0.3) is 6.43 Å².